The van der Waals surface area contributed by atoms with Gasteiger partial charge in [0.1, 0.15) is 11.6 Å². The number of benzene rings is 1. The van der Waals surface area contributed by atoms with Gasteiger partial charge in [-0.2, -0.15) is 0 Å². The summed E-state index contributed by atoms with van der Waals surface area (Å²) in [7, 11) is 1.88. The zero-order valence-corrected chi connectivity index (χ0v) is 10.8. The van der Waals surface area contributed by atoms with Crippen molar-refractivity contribution in [1.82, 2.24) is 9.55 Å². The van der Waals surface area contributed by atoms with Gasteiger partial charge in [-0.15, -0.1) is 0 Å². The first-order chi connectivity index (χ1) is 9.08. The Morgan fingerprint density at radius 3 is 2.68 bits per heavy atom. The molecule has 2 aromatic rings. The number of carboxylic acids is 1. The number of hydrogen-bond donors (Lipinski definition) is 1. The third kappa shape index (κ3) is 3.19. The monoisotopic (exact) mass is 260 g/mol. The maximum absolute atomic E-state index is 11.8. The quantitative estimate of drug-likeness (QED) is 0.861. The molecule has 19 heavy (non-hydrogen) atoms. The lowest BCUT2D eigenvalue weighted by Gasteiger charge is -2.01. The Bertz CT molecular complexity index is 616. The molecule has 1 heterocycles. The van der Waals surface area contributed by atoms with Crippen LogP contribution in [0.15, 0.2) is 24.3 Å². The van der Waals surface area contributed by atoms with Crippen LogP contribution < -0.4 is 0 Å². The molecule has 0 unspecified atom stereocenters. The minimum Gasteiger partial charge on any atom is -0.481 e. The third-order valence-corrected chi connectivity index (χ3v) is 3.08. The maximum Gasteiger partial charge on any atom is 0.303 e. The van der Waals surface area contributed by atoms with E-state index >= 15 is 0 Å². The number of imidazole rings is 1. The second-order valence-corrected chi connectivity index (χ2v) is 4.54. The molecule has 0 amide bonds. The van der Waals surface area contributed by atoms with E-state index in [0.29, 0.717) is 6.42 Å². The van der Waals surface area contributed by atoms with Gasteiger partial charge in [0.15, 0.2) is 0 Å². The van der Waals surface area contributed by atoms with Crippen molar-refractivity contribution in [3.63, 3.8) is 0 Å². The number of carboxylic acid groups (broad SMARTS) is 1. The maximum atomic E-state index is 11.8. The zero-order chi connectivity index (χ0) is 13.8. The van der Waals surface area contributed by atoms with Crippen LogP contribution in [0.1, 0.15) is 25.1 Å². The molecule has 100 valence electrons. The second kappa shape index (κ2) is 5.65. The lowest BCUT2D eigenvalue weighted by Crippen LogP contribution is -2.08. The molecule has 0 saturated heterocycles. The highest BCUT2D eigenvalue weighted by atomic mass is 16.4. The molecular formula is C14H16N2O3. The van der Waals surface area contributed by atoms with Crippen LogP contribution in [0.2, 0.25) is 0 Å². The van der Waals surface area contributed by atoms with E-state index in [1.807, 2.05) is 35.9 Å². The van der Waals surface area contributed by atoms with Crippen molar-refractivity contribution in [2.75, 3.05) is 0 Å². The van der Waals surface area contributed by atoms with Crippen molar-refractivity contribution in [3.8, 4) is 0 Å². The largest absolute Gasteiger partial charge is 0.481 e. The van der Waals surface area contributed by atoms with Crippen molar-refractivity contribution in [2.24, 2.45) is 7.05 Å². The van der Waals surface area contributed by atoms with E-state index in [-0.39, 0.29) is 25.0 Å². The van der Waals surface area contributed by atoms with Crippen LogP contribution in [0.3, 0.4) is 0 Å². The van der Waals surface area contributed by atoms with Crippen LogP contribution in [-0.2, 0) is 23.1 Å². The Balaban J connectivity index is 2.03. The molecule has 0 bridgehead atoms. The number of ketones is 1. The fourth-order valence-corrected chi connectivity index (χ4v) is 2.06. The first-order valence-electron chi connectivity index (χ1n) is 6.22. The van der Waals surface area contributed by atoms with E-state index in [1.54, 1.807) is 0 Å². The minimum atomic E-state index is -0.865. The van der Waals surface area contributed by atoms with Crippen LogP contribution in [0.25, 0.3) is 11.0 Å². The van der Waals surface area contributed by atoms with Crippen molar-refractivity contribution >= 4 is 22.8 Å². The summed E-state index contributed by atoms with van der Waals surface area (Å²) in [6.07, 6.45) is 0.965. The summed E-state index contributed by atoms with van der Waals surface area (Å²) in [5.41, 5.74) is 1.87. The fraction of sp³-hybridized carbons (Fsp3) is 0.357. The second-order valence-electron chi connectivity index (χ2n) is 4.54. The number of nitrogens with zero attached hydrogens (tertiary/aromatic N) is 2. The molecule has 0 radical (unpaired) electrons. The van der Waals surface area contributed by atoms with Crippen LogP contribution >= 0.6 is 0 Å². The summed E-state index contributed by atoms with van der Waals surface area (Å²) >= 11 is 0. The summed E-state index contributed by atoms with van der Waals surface area (Å²) in [6, 6.07) is 7.71. The van der Waals surface area contributed by atoms with Crippen LogP contribution in [0.4, 0.5) is 0 Å². The summed E-state index contributed by atoms with van der Waals surface area (Å²) in [4.78, 5) is 26.6. The van der Waals surface area contributed by atoms with Crippen molar-refractivity contribution in [1.29, 1.82) is 0 Å². The smallest absolute Gasteiger partial charge is 0.303 e. The Morgan fingerprint density at radius 1 is 1.26 bits per heavy atom. The fourth-order valence-electron chi connectivity index (χ4n) is 2.06. The lowest BCUT2D eigenvalue weighted by atomic mass is 10.1. The first-order valence-corrected chi connectivity index (χ1v) is 6.22. The standard InChI is InChI=1S/C14H16N2O3/c1-16-12-7-3-2-6-11(12)15-13(16)9-10(17)5-4-8-14(18)19/h2-3,6-7H,4-5,8-9H2,1H3,(H,18,19). The normalized spacial score (nSPS) is 10.8. The number of aromatic nitrogens is 2. The van der Waals surface area contributed by atoms with E-state index in [9.17, 15) is 9.59 Å². The summed E-state index contributed by atoms with van der Waals surface area (Å²) in [5.74, 6) is -0.114. The number of rotatable bonds is 6. The van der Waals surface area contributed by atoms with Crippen molar-refractivity contribution < 1.29 is 14.7 Å². The molecule has 1 N–H and O–H groups in total. The van der Waals surface area contributed by atoms with Crippen molar-refractivity contribution in [3.05, 3.63) is 30.1 Å². The molecule has 0 spiro atoms. The van der Waals surface area contributed by atoms with Gasteiger partial charge in [-0.25, -0.2) is 4.98 Å². The van der Waals surface area contributed by atoms with Gasteiger partial charge in [0.25, 0.3) is 0 Å². The minimum absolute atomic E-state index is 0.0275. The topological polar surface area (TPSA) is 72.2 Å². The number of fused-ring (bicyclic) bond motifs is 1. The average molecular weight is 260 g/mol. The highest BCUT2D eigenvalue weighted by molar-refractivity contribution is 5.82. The van der Waals surface area contributed by atoms with Gasteiger partial charge in [0.05, 0.1) is 17.5 Å². The molecule has 5 heteroatoms. The molecule has 0 fully saturated rings. The summed E-state index contributed by atoms with van der Waals surface area (Å²) in [6.45, 7) is 0. The molecule has 0 saturated carbocycles. The van der Waals surface area contributed by atoms with E-state index in [1.165, 1.54) is 0 Å². The summed E-state index contributed by atoms with van der Waals surface area (Å²) < 4.78 is 1.91. The predicted octanol–water partition coefficient (Wildman–Crippen LogP) is 1.94. The molecule has 5 nitrogen and oxygen atoms in total. The summed E-state index contributed by atoms with van der Waals surface area (Å²) in [5, 5.41) is 8.53. The Labute approximate surface area is 110 Å². The highest BCUT2D eigenvalue weighted by Gasteiger charge is 2.11. The zero-order valence-electron chi connectivity index (χ0n) is 10.8. The van der Waals surface area contributed by atoms with E-state index in [2.05, 4.69) is 4.98 Å². The van der Waals surface area contributed by atoms with Gasteiger partial charge in [0, 0.05) is 19.9 Å². The van der Waals surface area contributed by atoms with Crippen LogP contribution in [-0.4, -0.2) is 26.4 Å². The van der Waals surface area contributed by atoms with Gasteiger partial charge in [-0.1, -0.05) is 12.1 Å². The average Bonchev–Trinajstić information content (AvgIpc) is 2.66. The van der Waals surface area contributed by atoms with E-state index in [0.717, 1.165) is 16.9 Å². The van der Waals surface area contributed by atoms with Gasteiger partial charge in [-0.3, -0.25) is 9.59 Å². The molecule has 1 aromatic carbocycles. The van der Waals surface area contributed by atoms with Crippen LogP contribution in [0.5, 0.6) is 0 Å². The van der Waals surface area contributed by atoms with Gasteiger partial charge < -0.3 is 9.67 Å². The molecule has 0 atom stereocenters. The predicted molar refractivity (Wildman–Crippen MR) is 70.9 cm³/mol. The van der Waals surface area contributed by atoms with Gasteiger partial charge in [0.2, 0.25) is 0 Å². The number of Topliss-reactive ketones (excluding diaryl/α,β-unsaturated/α-hetero) is 1. The molecule has 0 aliphatic carbocycles. The van der Waals surface area contributed by atoms with Gasteiger partial charge in [-0.05, 0) is 18.6 Å². The number of carbonyl (C=O) groups is 2. The van der Waals surface area contributed by atoms with Crippen molar-refractivity contribution in [2.45, 2.75) is 25.7 Å². The number of hydrogen-bond acceptors (Lipinski definition) is 3. The molecular weight excluding hydrogens is 244 g/mol. The highest BCUT2D eigenvalue weighted by Crippen LogP contribution is 2.15. The van der Waals surface area contributed by atoms with Gasteiger partial charge >= 0.3 is 5.97 Å². The van der Waals surface area contributed by atoms with E-state index in [4.69, 9.17) is 5.11 Å². The Kier molecular flexibility index (Phi) is 3.94. The van der Waals surface area contributed by atoms with Crippen LogP contribution in [0, 0.1) is 0 Å². The molecule has 0 aliphatic rings. The number of para-hydroxylation sites is 2. The third-order valence-electron chi connectivity index (χ3n) is 3.08. The number of aliphatic carboxylic acids is 1. The first kappa shape index (κ1) is 13.3. The number of carbonyl (C=O) groups excluding carboxylic acids is 1. The molecule has 2 rings (SSSR count). The SMILES string of the molecule is Cn1c(CC(=O)CCCC(=O)O)nc2ccccc21. The van der Waals surface area contributed by atoms with E-state index < -0.39 is 5.97 Å². The molecule has 1 aromatic heterocycles. The molecule has 0 aliphatic heterocycles. The Hall–Kier alpha value is -2.17. The lowest BCUT2D eigenvalue weighted by molar-refractivity contribution is -0.137. The Morgan fingerprint density at radius 2 is 2.00 bits per heavy atom. The number of aryl methyl sites for hydroxylation is 1.